The van der Waals surface area contributed by atoms with Gasteiger partial charge in [0.15, 0.2) is 0 Å². The predicted molar refractivity (Wildman–Crippen MR) is 84.9 cm³/mol. The van der Waals surface area contributed by atoms with Gasteiger partial charge in [0.2, 0.25) is 0 Å². The second kappa shape index (κ2) is 14.3. The lowest BCUT2D eigenvalue weighted by Gasteiger charge is -1.95. The van der Waals surface area contributed by atoms with Gasteiger partial charge in [0.05, 0.1) is 0 Å². The van der Waals surface area contributed by atoms with E-state index in [4.69, 9.17) is 0 Å². The smallest absolute Gasteiger partial charge is 0.0169 e. The normalized spacial score (nSPS) is 12.7. The fourth-order valence-corrected chi connectivity index (χ4v) is 1.78. The Morgan fingerprint density at radius 1 is 0.722 bits per heavy atom. The first-order chi connectivity index (χ1) is 8.77. The molecule has 0 N–H and O–H groups in total. The largest absolute Gasteiger partial charge is 0.0882 e. The zero-order valence-electron chi connectivity index (χ0n) is 12.7. The van der Waals surface area contributed by atoms with Crippen LogP contribution < -0.4 is 0 Å². The van der Waals surface area contributed by atoms with Crippen molar-refractivity contribution in [3.63, 3.8) is 0 Å². The highest BCUT2D eigenvalue weighted by atomic mass is 13.9. The fraction of sp³-hybridized carbons (Fsp3) is 0.667. The zero-order chi connectivity index (χ0) is 13.5. The molecule has 0 atom stereocenters. The lowest BCUT2D eigenvalue weighted by Crippen LogP contribution is -1.76. The van der Waals surface area contributed by atoms with E-state index in [2.05, 4.69) is 57.2 Å². The van der Waals surface area contributed by atoms with Crippen molar-refractivity contribution in [2.75, 3.05) is 0 Å². The van der Waals surface area contributed by atoms with Gasteiger partial charge < -0.3 is 0 Å². The summed E-state index contributed by atoms with van der Waals surface area (Å²) in [7, 11) is 0. The zero-order valence-corrected chi connectivity index (χ0v) is 12.7. The van der Waals surface area contributed by atoms with E-state index < -0.39 is 0 Å². The van der Waals surface area contributed by atoms with Crippen molar-refractivity contribution in [3.8, 4) is 0 Å². The van der Waals surface area contributed by atoms with Crippen LogP contribution in [0.2, 0.25) is 0 Å². The predicted octanol–water partition coefficient (Wildman–Crippen LogP) is 6.45. The van der Waals surface area contributed by atoms with Crippen molar-refractivity contribution in [1.29, 1.82) is 0 Å². The Bertz CT molecular complexity index is 230. The number of rotatable bonds is 11. The Morgan fingerprint density at radius 3 is 2.00 bits per heavy atom. The first-order valence-corrected chi connectivity index (χ1v) is 7.74. The van der Waals surface area contributed by atoms with Crippen LogP contribution in [0.3, 0.4) is 0 Å². The summed E-state index contributed by atoms with van der Waals surface area (Å²) >= 11 is 0. The van der Waals surface area contributed by atoms with Gasteiger partial charge in [0.1, 0.15) is 0 Å². The van der Waals surface area contributed by atoms with E-state index in [0.717, 1.165) is 12.8 Å². The van der Waals surface area contributed by atoms with Gasteiger partial charge in [-0.1, -0.05) is 82.9 Å². The average molecular weight is 248 g/mol. The highest BCUT2D eigenvalue weighted by molar-refractivity contribution is 4.97. The van der Waals surface area contributed by atoms with Crippen molar-refractivity contribution in [2.24, 2.45) is 5.92 Å². The summed E-state index contributed by atoms with van der Waals surface area (Å²) in [4.78, 5) is 0. The molecule has 0 amide bonds. The fourth-order valence-electron chi connectivity index (χ4n) is 1.78. The molecule has 0 rings (SSSR count). The van der Waals surface area contributed by atoms with E-state index >= 15 is 0 Å². The van der Waals surface area contributed by atoms with Gasteiger partial charge in [-0.05, 0) is 31.6 Å². The minimum Gasteiger partial charge on any atom is -0.0882 e. The van der Waals surface area contributed by atoms with Gasteiger partial charge in [0, 0.05) is 0 Å². The highest BCUT2D eigenvalue weighted by Gasteiger charge is 1.85. The van der Waals surface area contributed by atoms with Gasteiger partial charge in [-0.2, -0.15) is 0 Å². The van der Waals surface area contributed by atoms with Crippen LogP contribution in [-0.4, -0.2) is 0 Å². The minimum absolute atomic E-state index is 0.672. The van der Waals surface area contributed by atoms with Crippen LogP contribution in [0, 0.1) is 5.92 Å². The average Bonchev–Trinajstić information content (AvgIpc) is 2.34. The molecule has 104 valence electrons. The van der Waals surface area contributed by atoms with Crippen LogP contribution in [0.25, 0.3) is 0 Å². The highest BCUT2D eigenvalue weighted by Crippen LogP contribution is 2.05. The number of allylic oxidation sites excluding steroid dienone is 6. The van der Waals surface area contributed by atoms with Gasteiger partial charge in [-0.25, -0.2) is 0 Å². The molecule has 0 radical (unpaired) electrons. The maximum Gasteiger partial charge on any atom is -0.0169 e. The first-order valence-electron chi connectivity index (χ1n) is 7.74. The molecule has 18 heavy (non-hydrogen) atoms. The third-order valence-corrected chi connectivity index (χ3v) is 2.87. The second-order valence-corrected chi connectivity index (χ2v) is 5.29. The van der Waals surface area contributed by atoms with E-state index in [1.54, 1.807) is 0 Å². The summed E-state index contributed by atoms with van der Waals surface area (Å²) in [6.07, 6.45) is 24.0. The first kappa shape index (κ1) is 17.2. The summed E-state index contributed by atoms with van der Waals surface area (Å²) < 4.78 is 0. The third kappa shape index (κ3) is 15.2. The molecule has 0 fully saturated rings. The molecule has 0 bridgehead atoms. The molecule has 0 saturated carbocycles. The lowest BCUT2D eigenvalue weighted by atomic mass is 10.1. The Kier molecular flexibility index (Phi) is 13.7. The Balaban J connectivity index is 3.29. The maximum atomic E-state index is 2.33. The summed E-state index contributed by atoms with van der Waals surface area (Å²) in [6, 6.07) is 0. The monoisotopic (exact) mass is 248 g/mol. The lowest BCUT2D eigenvalue weighted by molar-refractivity contribution is 0.637. The Morgan fingerprint density at radius 2 is 1.33 bits per heavy atom. The molecule has 0 aliphatic carbocycles. The van der Waals surface area contributed by atoms with E-state index in [-0.39, 0.29) is 0 Å². The number of hydrogen-bond acceptors (Lipinski definition) is 0. The van der Waals surface area contributed by atoms with Crippen LogP contribution in [0.5, 0.6) is 0 Å². The Labute approximate surface area is 115 Å². The van der Waals surface area contributed by atoms with Crippen LogP contribution in [0.1, 0.15) is 72.1 Å². The van der Waals surface area contributed by atoms with Crippen molar-refractivity contribution in [2.45, 2.75) is 72.1 Å². The van der Waals surface area contributed by atoms with Crippen LogP contribution in [0.4, 0.5) is 0 Å². The van der Waals surface area contributed by atoms with Crippen molar-refractivity contribution in [1.82, 2.24) is 0 Å². The molecule has 0 aliphatic rings. The SMILES string of the molecule is CCCCCCC/C=C/C/C=C/C/C=C/C(C)C. The van der Waals surface area contributed by atoms with Gasteiger partial charge in [-0.15, -0.1) is 0 Å². The summed E-state index contributed by atoms with van der Waals surface area (Å²) in [5, 5.41) is 0. The van der Waals surface area contributed by atoms with Gasteiger partial charge >= 0.3 is 0 Å². The van der Waals surface area contributed by atoms with E-state index in [9.17, 15) is 0 Å². The number of unbranched alkanes of at least 4 members (excludes halogenated alkanes) is 5. The molecule has 0 aliphatic heterocycles. The van der Waals surface area contributed by atoms with E-state index in [1.807, 2.05) is 0 Å². The molecule has 0 spiro atoms. The molecular weight excluding hydrogens is 216 g/mol. The van der Waals surface area contributed by atoms with Crippen molar-refractivity contribution >= 4 is 0 Å². The van der Waals surface area contributed by atoms with Gasteiger partial charge in [-0.3, -0.25) is 0 Å². The quantitative estimate of drug-likeness (QED) is 0.291. The van der Waals surface area contributed by atoms with Crippen molar-refractivity contribution in [3.05, 3.63) is 36.5 Å². The molecule has 0 saturated heterocycles. The standard InChI is InChI=1S/C18H32/c1-4-5-6-7-8-9-10-11-12-13-14-15-16-17-18(2)3/h10-11,13-14,16-18H,4-9,12,15H2,1-3H3/b11-10+,14-13+,17-16+. The minimum atomic E-state index is 0.672. The Hall–Kier alpha value is -0.780. The molecule has 0 heteroatoms. The van der Waals surface area contributed by atoms with E-state index in [1.165, 1.54) is 38.5 Å². The summed E-state index contributed by atoms with van der Waals surface area (Å²) in [5.41, 5.74) is 0. The molecule has 0 nitrogen and oxygen atoms in total. The van der Waals surface area contributed by atoms with Crippen LogP contribution in [0.15, 0.2) is 36.5 Å². The second-order valence-electron chi connectivity index (χ2n) is 5.29. The topological polar surface area (TPSA) is 0 Å². The van der Waals surface area contributed by atoms with Gasteiger partial charge in [0.25, 0.3) is 0 Å². The van der Waals surface area contributed by atoms with E-state index in [0.29, 0.717) is 5.92 Å². The van der Waals surface area contributed by atoms with Crippen molar-refractivity contribution < 1.29 is 0 Å². The molecule has 0 aromatic heterocycles. The number of hydrogen-bond donors (Lipinski definition) is 0. The summed E-state index contributed by atoms with van der Waals surface area (Å²) in [6.45, 7) is 6.69. The van der Waals surface area contributed by atoms with Crippen LogP contribution in [-0.2, 0) is 0 Å². The molecular formula is C18H32. The maximum absolute atomic E-state index is 2.33. The molecule has 0 heterocycles. The third-order valence-electron chi connectivity index (χ3n) is 2.87. The molecule has 0 aromatic carbocycles. The summed E-state index contributed by atoms with van der Waals surface area (Å²) in [5.74, 6) is 0.672. The van der Waals surface area contributed by atoms with Crippen LogP contribution >= 0.6 is 0 Å². The molecule has 0 aromatic rings. The molecule has 0 unspecified atom stereocenters.